The number of rotatable bonds is 11. The van der Waals surface area contributed by atoms with Gasteiger partial charge >= 0.3 is 0 Å². The highest BCUT2D eigenvalue weighted by atomic mass is 35.5. The number of carbonyl (C=O) groups is 4. The molecular weight excluding hydrogens is 452 g/mol. The van der Waals surface area contributed by atoms with Gasteiger partial charge in [0.15, 0.2) is 0 Å². The molecule has 34 heavy (non-hydrogen) atoms. The van der Waals surface area contributed by atoms with E-state index < -0.39 is 6.04 Å². The number of carbonyl (C=O) groups excluding carboxylic acids is 4. The van der Waals surface area contributed by atoms with Crippen LogP contribution in [0, 0.1) is 18.3 Å². The topological polar surface area (TPSA) is 92.3 Å². The summed E-state index contributed by atoms with van der Waals surface area (Å²) < 4.78 is 0. The Hall–Kier alpha value is -2.99. The van der Waals surface area contributed by atoms with Gasteiger partial charge in [0.05, 0.1) is 16.6 Å². The van der Waals surface area contributed by atoms with Crippen molar-refractivity contribution >= 4 is 41.7 Å². The molecule has 0 bridgehead atoms. The van der Waals surface area contributed by atoms with Gasteiger partial charge in [0.2, 0.25) is 5.91 Å². The predicted molar refractivity (Wildman–Crippen MR) is 135 cm³/mol. The lowest BCUT2D eigenvalue weighted by Crippen LogP contribution is -2.37. The van der Waals surface area contributed by atoms with Crippen LogP contribution in [-0.2, 0) is 20.8 Å². The smallest absolute Gasteiger partial charge is 0.257 e. The number of benzene rings is 2. The van der Waals surface area contributed by atoms with Crippen LogP contribution in [-0.4, -0.2) is 30.4 Å². The molecule has 2 N–H and O–H groups in total. The normalized spacial score (nSPS) is 13.0. The number of hydrogen-bond donors (Lipinski definition) is 2. The highest BCUT2D eigenvalue weighted by molar-refractivity contribution is 6.34. The maximum atomic E-state index is 12.6. The summed E-state index contributed by atoms with van der Waals surface area (Å²) in [4.78, 5) is 47.6. The van der Waals surface area contributed by atoms with Gasteiger partial charge < -0.3 is 20.2 Å². The Morgan fingerprint density at radius 1 is 1.03 bits per heavy atom. The molecule has 2 atom stereocenters. The van der Waals surface area contributed by atoms with Crippen molar-refractivity contribution in [3.05, 3.63) is 64.2 Å². The molecule has 0 aromatic heterocycles. The van der Waals surface area contributed by atoms with Crippen LogP contribution in [0.3, 0.4) is 0 Å². The lowest BCUT2D eigenvalue weighted by atomic mass is 9.79. The summed E-state index contributed by atoms with van der Waals surface area (Å²) in [6, 6.07) is 11.7. The molecule has 0 saturated carbocycles. The minimum Gasteiger partial charge on any atom is -0.346 e. The molecule has 0 radical (unpaired) electrons. The van der Waals surface area contributed by atoms with E-state index >= 15 is 0 Å². The third-order valence-corrected chi connectivity index (χ3v) is 6.14. The van der Waals surface area contributed by atoms with Crippen molar-refractivity contribution in [1.82, 2.24) is 5.32 Å². The van der Waals surface area contributed by atoms with E-state index in [1.165, 1.54) is 0 Å². The first kappa shape index (κ1) is 27.3. The second-order valence-electron chi connectivity index (χ2n) is 9.60. The third-order valence-electron chi connectivity index (χ3n) is 5.82. The van der Waals surface area contributed by atoms with Gasteiger partial charge in [0.1, 0.15) is 12.6 Å². The van der Waals surface area contributed by atoms with Gasteiger partial charge in [0, 0.05) is 18.0 Å². The lowest BCUT2D eigenvalue weighted by Gasteiger charge is -2.25. The molecule has 7 heteroatoms. The monoisotopic (exact) mass is 484 g/mol. The molecule has 2 unspecified atom stereocenters. The maximum absolute atomic E-state index is 12.6. The Morgan fingerprint density at radius 3 is 2.26 bits per heavy atom. The van der Waals surface area contributed by atoms with Crippen molar-refractivity contribution in [3.63, 3.8) is 0 Å². The van der Waals surface area contributed by atoms with Crippen molar-refractivity contribution in [2.24, 2.45) is 11.3 Å². The largest absolute Gasteiger partial charge is 0.346 e. The van der Waals surface area contributed by atoms with Crippen LogP contribution in [0.4, 0.5) is 5.69 Å². The van der Waals surface area contributed by atoms with E-state index in [0.717, 1.165) is 23.7 Å². The van der Waals surface area contributed by atoms with E-state index in [-0.39, 0.29) is 29.6 Å². The molecule has 2 aromatic rings. The third kappa shape index (κ3) is 8.10. The van der Waals surface area contributed by atoms with E-state index in [4.69, 9.17) is 11.6 Å². The maximum Gasteiger partial charge on any atom is 0.257 e. The fourth-order valence-electron chi connectivity index (χ4n) is 3.69. The van der Waals surface area contributed by atoms with Crippen molar-refractivity contribution < 1.29 is 19.2 Å². The minimum atomic E-state index is -0.650. The Balaban J connectivity index is 1.88. The van der Waals surface area contributed by atoms with Crippen LogP contribution in [0.25, 0.3) is 0 Å². The Bertz CT molecular complexity index is 992. The highest BCUT2D eigenvalue weighted by Gasteiger charge is 2.24. The van der Waals surface area contributed by atoms with Crippen molar-refractivity contribution in [2.75, 3.05) is 5.32 Å². The zero-order valence-electron chi connectivity index (χ0n) is 20.2. The average molecular weight is 485 g/mol. The number of aryl methyl sites for hydroxylation is 1. The van der Waals surface area contributed by atoms with Crippen LogP contribution in [0.1, 0.15) is 61.5 Å². The van der Waals surface area contributed by atoms with Gasteiger partial charge in [-0.15, -0.1) is 0 Å². The van der Waals surface area contributed by atoms with E-state index in [0.29, 0.717) is 35.5 Å². The standard InChI is InChI=1S/C27H33ClN2O4/c1-18-7-5-9-23(28)25(18)26(34)30-21-13-11-19(12-14-21)15-22(17-32)29-24(33)10-6-8-20(16-31)27(2,3)4/h5,7,9,11-14,16-17,20,22H,6,8,10,15H2,1-4H3,(H,29,33)(H,30,34). The SMILES string of the molecule is Cc1cccc(Cl)c1C(=O)Nc1ccc(CC(C=O)NC(=O)CCCC(C=O)C(C)(C)C)cc1. The van der Waals surface area contributed by atoms with E-state index in [9.17, 15) is 19.2 Å². The summed E-state index contributed by atoms with van der Waals surface area (Å²) in [5.41, 5.74) is 2.52. The number of nitrogens with one attached hydrogen (secondary N) is 2. The molecule has 0 saturated heterocycles. The molecule has 0 heterocycles. The molecular formula is C27H33ClN2O4. The van der Waals surface area contributed by atoms with Gasteiger partial charge in [0.25, 0.3) is 5.91 Å². The van der Waals surface area contributed by atoms with E-state index in [1.807, 2.05) is 33.8 Å². The molecule has 0 spiro atoms. The summed E-state index contributed by atoms with van der Waals surface area (Å²) >= 11 is 6.16. The summed E-state index contributed by atoms with van der Waals surface area (Å²) in [6.07, 6.45) is 3.48. The van der Waals surface area contributed by atoms with Crippen molar-refractivity contribution in [3.8, 4) is 0 Å². The van der Waals surface area contributed by atoms with Crippen molar-refractivity contribution in [1.29, 1.82) is 0 Å². The molecule has 0 aliphatic heterocycles. The fraction of sp³-hybridized carbons (Fsp3) is 0.407. The van der Waals surface area contributed by atoms with E-state index in [1.54, 1.807) is 36.4 Å². The quantitative estimate of drug-likeness (QED) is 0.431. The van der Waals surface area contributed by atoms with Gasteiger partial charge in [-0.25, -0.2) is 0 Å². The predicted octanol–water partition coefficient (Wildman–Crippen LogP) is 5.16. The molecule has 2 amide bonds. The molecule has 182 valence electrons. The summed E-state index contributed by atoms with van der Waals surface area (Å²) in [5.74, 6) is -0.616. The van der Waals surface area contributed by atoms with Crippen molar-refractivity contribution in [2.45, 2.75) is 59.4 Å². The van der Waals surface area contributed by atoms with Gasteiger partial charge in [-0.1, -0.05) is 56.6 Å². The van der Waals surface area contributed by atoms with Gasteiger partial charge in [-0.2, -0.15) is 0 Å². The molecule has 0 aliphatic rings. The Morgan fingerprint density at radius 2 is 1.71 bits per heavy atom. The average Bonchev–Trinajstić information content (AvgIpc) is 2.76. The highest BCUT2D eigenvalue weighted by Crippen LogP contribution is 2.28. The van der Waals surface area contributed by atoms with Crippen LogP contribution in [0.5, 0.6) is 0 Å². The Labute approximate surface area is 206 Å². The zero-order chi connectivity index (χ0) is 25.3. The number of hydrogen-bond acceptors (Lipinski definition) is 4. The minimum absolute atomic E-state index is 0.108. The summed E-state index contributed by atoms with van der Waals surface area (Å²) in [6.45, 7) is 7.83. The first-order valence-corrected chi connectivity index (χ1v) is 11.8. The molecule has 2 rings (SSSR count). The number of amides is 2. The van der Waals surface area contributed by atoms with Crippen LogP contribution < -0.4 is 10.6 Å². The second kappa shape index (κ2) is 12.5. The van der Waals surface area contributed by atoms with Gasteiger partial charge in [-0.3, -0.25) is 9.59 Å². The second-order valence-corrected chi connectivity index (χ2v) is 10.0. The fourth-order valence-corrected chi connectivity index (χ4v) is 4.00. The molecule has 2 aromatic carbocycles. The lowest BCUT2D eigenvalue weighted by molar-refractivity contribution is -0.124. The number of anilines is 1. The zero-order valence-corrected chi connectivity index (χ0v) is 20.9. The number of halogens is 1. The number of aldehydes is 2. The first-order chi connectivity index (χ1) is 16.0. The van der Waals surface area contributed by atoms with Crippen LogP contribution in [0.15, 0.2) is 42.5 Å². The first-order valence-electron chi connectivity index (χ1n) is 11.4. The summed E-state index contributed by atoms with van der Waals surface area (Å²) in [7, 11) is 0. The molecule has 0 fully saturated rings. The van der Waals surface area contributed by atoms with Crippen LogP contribution >= 0.6 is 11.6 Å². The van der Waals surface area contributed by atoms with Gasteiger partial charge in [-0.05, 0) is 60.9 Å². The molecule has 0 aliphatic carbocycles. The molecule has 6 nitrogen and oxygen atoms in total. The summed E-state index contributed by atoms with van der Waals surface area (Å²) in [5, 5.41) is 5.96. The van der Waals surface area contributed by atoms with Crippen LogP contribution in [0.2, 0.25) is 5.02 Å². The van der Waals surface area contributed by atoms with E-state index in [2.05, 4.69) is 10.6 Å². The Kier molecular flexibility index (Phi) is 9.99.